The van der Waals surface area contributed by atoms with Crippen molar-refractivity contribution < 1.29 is 27.9 Å². The number of rotatable bonds is 11. The number of fused-ring (bicyclic) bond motifs is 2. The molecule has 2 fully saturated rings. The Kier molecular flexibility index (Phi) is 15.0. The van der Waals surface area contributed by atoms with Crippen LogP contribution in [0.5, 0.6) is 5.75 Å². The van der Waals surface area contributed by atoms with Gasteiger partial charge in [-0.15, -0.1) is 18.8 Å². The van der Waals surface area contributed by atoms with Crippen LogP contribution in [0.4, 0.5) is 20.7 Å². The van der Waals surface area contributed by atoms with Gasteiger partial charge in [0.1, 0.15) is 5.82 Å². The van der Waals surface area contributed by atoms with Crippen molar-refractivity contribution in [2.24, 2.45) is 5.73 Å². The zero-order chi connectivity index (χ0) is 45.0. The Morgan fingerprint density at radius 2 is 1.40 bits per heavy atom. The second-order valence-electron chi connectivity index (χ2n) is 14.7. The van der Waals surface area contributed by atoms with Gasteiger partial charge in [0.05, 0.1) is 23.7 Å². The quantitative estimate of drug-likeness (QED) is 0.0648. The number of carbonyl (C=O) groups excluding carboxylic acids is 3. The summed E-state index contributed by atoms with van der Waals surface area (Å²) >= 11 is 6.32. The molecule has 2 saturated carbocycles. The highest BCUT2D eigenvalue weighted by Crippen LogP contribution is 2.34. The third-order valence-corrected chi connectivity index (χ3v) is 11.0. The first-order chi connectivity index (χ1) is 30.5. The lowest BCUT2D eigenvalue weighted by Crippen LogP contribution is -2.43. The van der Waals surface area contributed by atoms with E-state index in [-0.39, 0.29) is 35.5 Å². The number of nitrogens with zero attached hydrogens (tertiary/aromatic N) is 4. The van der Waals surface area contributed by atoms with Crippen molar-refractivity contribution in [2.75, 3.05) is 17.7 Å². The summed E-state index contributed by atoms with van der Waals surface area (Å²) < 4.78 is 33.9. The van der Waals surface area contributed by atoms with Gasteiger partial charge in [-0.1, -0.05) is 23.7 Å². The minimum absolute atomic E-state index is 0.0321. The Labute approximate surface area is 368 Å². The zero-order valence-corrected chi connectivity index (χ0v) is 35.2. The SMILES string of the molecule is C#CC.C#CC(=O)NC1CCCC1Nc1ncc2cc(-c3c(F)ccc(OC)c3F)ccc2n1.NC(=O)c1ccc(Cl)c(-c2ccc3nc(NC4CCCC4NC=O)ncc3c2)c1. The number of halogens is 3. The number of methoxy groups -OCH3 is 1. The number of hydrogen-bond acceptors (Lipinski definition) is 10. The Morgan fingerprint density at radius 3 is 1.98 bits per heavy atom. The summed E-state index contributed by atoms with van der Waals surface area (Å²) in [6.45, 7) is 1.65. The van der Waals surface area contributed by atoms with Crippen LogP contribution in [0.2, 0.25) is 5.02 Å². The first kappa shape index (κ1) is 45.2. The van der Waals surface area contributed by atoms with Crippen LogP contribution in [-0.4, -0.2) is 69.4 Å². The Hall–Kier alpha value is -7.36. The zero-order valence-electron chi connectivity index (χ0n) is 34.4. The molecule has 2 aromatic heterocycles. The fourth-order valence-electron chi connectivity index (χ4n) is 7.65. The van der Waals surface area contributed by atoms with Gasteiger partial charge >= 0.3 is 0 Å². The number of anilines is 2. The van der Waals surface area contributed by atoms with Crippen molar-refractivity contribution in [1.29, 1.82) is 0 Å². The molecule has 13 nitrogen and oxygen atoms in total. The highest BCUT2D eigenvalue weighted by molar-refractivity contribution is 6.33. The number of hydrogen-bond donors (Lipinski definition) is 5. The maximum atomic E-state index is 14.6. The summed E-state index contributed by atoms with van der Waals surface area (Å²) in [5, 5.41) is 14.2. The number of amides is 3. The topological polar surface area (TPSA) is 186 Å². The predicted molar refractivity (Wildman–Crippen MR) is 241 cm³/mol. The van der Waals surface area contributed by atoms with Crippen molar-refractivity contribution in [3.63, 3.8) is 0 Å². The second kappa shape index (κ2) is 20.9. The standard InChI is InChI=1S/C23H20F2N4O2.C21H20ClN5O2.C3H4/c1-3-20(30)27-17-5-4-6-18(17)29-23-26-12-14-11-13(7-9-16(14)28-23)21-15(24)8-10-19(31-2)22(21)25;22-16-6-4-13(20(23)29)9-15(16)12-5-7-17-14(8-12)10-24-21(26-17)27-19-3-1-2-18(19)25-11-28;1-3-2/h1,7-12,17-18H,4-6H2,2H3,(H,27,30)(H,26,28,29);4-11,18-19H,1-3H2,(H2,23,29)(H,25,28)(H,24,26,27);1H,2H3. The van der Waals surface area contributed by atoms with Gasteiger partial charge in [0.15, 0.2) is 11.6 Å². The van der Waals surface area contributed by atoms with Crippen LogP contribution in [0, 0.1) is 36.3 Å². The molecule has 0 spiro atoms. The third-order valence-electron chi connectivity index (χ3n) is 10.7. The van der Waals surface area contributed by atoms with Crippen LogP contribution in [0.1, 0.15) is 55.8 Å². The van der Waals surface area contributed by atoms with Gasteiger partial charge in [0.25, 0.3) is 5.91 Å². The molecule has 6 aromatic rings. The Morgan fingerprint density at radius 1 is 0.825 bits per heavy atom. The van der Waals surface area contributed by atoms with Gasteiger partial charge in [-0.3, -0.25) is 14.4 Å². The second-order valence-corrected chi connectivity index (χ2v) is 15.1. The van der Waals surface area contributed by atoms with Crippen molar-refractivity contribution >= 4 is 63.5 Å². The fourth-order valence-corrected chi connectivity index (χ4v) is 7.88. The van der Waals surface area contributed by atoms with Gasteiger partial charge < -0.3 is 31.7 Å². The van der Waals surface area contributed by atoms with Crippen molar-refractivity contribution in [3.8, 4) is 52.7 Å². The van der Waals surface area contributed by atoms with Gasteiger partial charge in [-0.2, -0.15) is 0 Å². The van der Waals surface area contributed by atoms with E-state index < -0.39 is 23.4 Å². The molecule has 6 N–H and O–H groups in total. The maximum Gasteiger partial charge on any atom is 0.295 e. The van der Waals surface area contributed by atoms with Gasteiger partial charge in [-0.05, 0) is 117 Å². The molecule has 322 valence electrons. The van der Waals surface area contributed by atoms with E-state index >= 15 is 0 Å². The number of benzene rings is 4. The molecule has 0 aliphatic heterocycles. The molecule has 0 saturated heterocycles. The molecule has 2 aliphatic rings. The normalized spacial score (nSPS) is 17.4. The molecule has 16 heteroatoms. The summed E-state index contributed by atoms with van der Waals surface area (Å²) in [6.07, 6.45) is 19.4. The molecular weight excluding hydrogens is 828 g/mol. The molecule has 0 bridgehead atoms. The molecule has 2 aliphatic carbocycles. The average Bonchev–Trinajstić information content (AvgIpc) is 3.92. The van der Waals surface area contributed by atoms with E-state index in [4.69, 9.17) is 28.5 Å². The molecule has 3 amide bonds. The van der Waals surface area contributed by atoms with Crippen LogP contribution in [0.25, 0.3) is 44.1 Å². The van der Waals surface area contributed by atoms with Crippen LogP contribution >= 0.6 is 11.6 Å². The number of carbonyl (C=O) groups is 3. The van der Waals surface area contributed by atoms with Gasteiger partial charge in [-0.25, -0.2) is 28.7 Å². The van der Waals surface area contributed by atoms with E-state index in [2.05, 4.69) is 59.5 Å². The van der Waals surface area contributed by atoms with Crippen molar-refractivity contribution in [2.45, 2.75) is 69.6 Å². The lowest BCUT2D eigenvalue weighted by atomic mass is 10.0. The van der Waals surface area contributed by atoms with Crippen LogP contribution in [0.3, 0.4) is 0 Å². The van der Waals surface area contributed by atoms with Crippen LogP contribution < -0.4 is 31.7 Å². The minimum atomic E-state index is -0.762. The highest BCUT2D eigenvalue weighted by Gasteiger charge is 2.29. The summed E-state index contributed by atoms with van der Waals surface area (Å²) in [4.78, 5) is 51.6. The number of ether oxygens (including phenoxy) is 1. The molecular formula is C47H44ClF2N9O4. The lowest BCUT2D eigenvalue weighted by molar-refractivity contribution is -0.116. The summed E-state index contributed by atoms with van der Waals surface area (Å²) in [6, 6.07) is 18.1. The fraction of sp³-hybridized carbons (Fsp3) is 0.255. The number of nitrogens with one attached hydrogen (secondary N) is 4. The molecule has 4 aromatic carbocycles. The van der Waals surface area contributed by atoms with Gasteiger partial charge in [0, 0.05) is 63.5 Å². The van der Waals surface area contributed by atoms with Crippen LogP contribution in [0.15, 0.2) is 79.1 Å². The van der Waals surface area contributed by atoms with E-state index in [1.54, 1.807) is 55.7 Å². The minimum Gasteiger partial charge on any atom is -0.494 e. The first-order valence-electron chi connectivity index (χ1n) is 20.0. The monoisotopic (exact) mass is 871 g/mol. The molecule has 4 unspecified atom stereocenters. The lowest BCUT2D eigenvalue weighted by Gasteiger charge is -2.21. The Balaban J connectivity index is 0.000000198. The third kappa shape index (κ3) is 10.9. The first-order valence-corrected chi connectivity index (χ1v) is 20.4. The average molecular weight is 872 g/mol. The number of aromatic nitrogens is 4. The van der Waals surface area contributed by atoms with E-state index in [0.29, 0.717) is 38.9 Å². The van der Waals surface area contributed by atoms with Crippen molar-refractivity contribution in [3.05, 3.63) is 101 Å². The molecule has 63 heavy (non-hydrogen) atoms. The van der Waals surface area contributed by atoms with E-state index in [0.717, 1.165) is 67.0 Å². The summed E-state index contributed by atoms with van der Waals surface area (Å²) in [5.41, 5.74) is 8.95. The molecule has 4 atom stereocenters. The smallest absolute Gasteiger partial charge is 0.295 e. The largest absolute Gasteiger partial charge is 0.494 e. The van der Waals surface area contributed by atoms with Gasteiger partial charge in [0.2, 0.25) is 24.2 Å². The highest BCUT2D eigenvalue weighted by atomic mass is 35.5. The number of terminal acetylenes is 2. The van der Waals surface area contributed by atoms with E-state index in [9.17, 15) is 23.2 Å². The summed E-state index contributed by atoms with van der Waals surface area (Å²) in [7, 11) is 1.33. The predicted octanol–water partition coefficient (Wildman–Crippen LogP) is 7.43. The van der Waals surface area contributed by atoms with E-state index in [1.165, 1.54) is 19.2 Å². The van der Waals surface area contributed by atoms with Crippen molar-refractivity contribution in [1.82, 2.24) is 30.6 Å². The summed E-state index contributed by atoms with van der Waals surface area (Å²) in [5.74, 6) is 2.83. The molecule has 0 radical (unpaired) electrons. The molecule has 8 rings (SSSR count). The van der Waals surface area contributed by atoms with Crippen LogP contribution in [-0.2, 0) is 9.59 Å². The Bertz CT molecular complexity index is 2740. The van der Waals surface area contributed by atoms with E-state index in [1.807, 2.05) is 18.2 Å². The molecule has 2 heterocycles. The number of nitrogens with two attached hydrogens (primary N) is 1. The maximum absolute atomic E-state index is 14.6. The number of primary amides is 1.